The van der Waals surface area contributed by atoms with Crippen LogP contribution in [0.3, 0.4) is 0 Å². The highest BCUT2D eigenvalue weighted by Crippen LogP contribution is 2.19. The zero-order valence-corrected chi connectivity index (χ0v) is 11.1. The molecule has 2 heterocycles. The molecular formula is C11H12BrN3O2. The van der Waals surface area contributed by atoms with E-state index in [1.54, 1.807) is 24.2 Å². The summed E-state index contributed by atoms with van der Waals surface area (Å²) in [5, 5.41) is 0. The maximum atomic E-state index is 12.1. The fourth-order valence-electron chi connectivity index (χ4n) is 1.48. The van der Waals surface area contributed by atoms with Crippen molar-refractivity contribution in [2.45, 2.75) is 6.54 Å². The first kappa shape index (κ1) is 11.9. The van der Waals surface area contributed by atoms with Crippen LogP contribution in [0.4, 0.5) is 0 Å². The first-order chi connectivity index (χ1) is 8.09. The summed E-state index contributed by atoms with van der Waals surface area (Å²) in [5.41, 5.74) is 0.515. The molecule has 0 radical (unpaired) electrons. The van der Waals surface area contributed by atoms with Gasteiger partial charge in [0.05, 0.1) is 18.4 Å². The lowest BCUT2D eigenvalue weighted by Gasteiger charge is -2.16. The van der Waals surface area contributed by atoms with Gasteiger partial charge in [0.2, 0.25) is 0 Å². The molecule has 0 aliphatic rings. The van der Waals surface area contributed by atoms with Crippen LogP contribution >= 0.6 is 15.9 Å². The average molecular weight is 298 g/mol. The number of imidazole rings is 1. The van der Waals surface area contributed by atoms with Crippen LogP contribution in [0.1, 0.15) is 16.2 Å². The lowest BCUT2D eigenvalue weighted by Crippen LogP contribution is -2.27. The van der Waals surface area contributed by atoms with Crippen LogP contribution in [-0.4, -0.2) is 27.4 Å². The van der Waals surface area contributed by atoms with Gasteiger partial charge in [0.25, 0.3) is 5.91 Å². The Hall–Kier alpha value is -1.56. The molecule has 0 fully saturated rings. The highest BCUT2D eigenvalue weighted by atomic mass is 79.9. The predicted molar refractivity (Wildman–Crippen MR) is 65.4 cm³/mol. The Labute approximate surface area is 107 Å². The maximum Gasteiger partial charge on any atom is 0.258 e. The van der Waals surface area contributed by atoms with Gasteiger partial charge < -0.3 is 13.9 Å². The Morgan fingerprint density at radius 1 is 1.65 bits per heavy atom. The molecule has 0 atom stereocenters. The number of furan rings is 1. The largest absolute Gasteiger partial charge is 0.457 e. The fourth-order valence-corrected chi connectivity index (χ4v) is 1.89. The summed E-state index contributed by atoms with van der Waals surface area (Å²) in [6.45, 7) is 0.458. The summed E-state index contributed by atoms with van der Waals surface area (Å²) in [4.78, 5) is 17.8. The second kappa shape index (κ2) is 4.75. The highest BCUT2D eigenvalue weighted by Gasteiger charge is 2.18. The molecule has 2 rings (SSSR count). The number of aryl methyl sites for hydroxylation is 1. The number of hydrogen-bond donors (Lipinski definition) is 0. The fraction of sp³-hybridized carbons (Fsp3) is 0.273. The minimum Gasteiger partial charge on any atom is -0.457 e. The Morgan fingerprint density at radius 2 is 2.41 bits per heavy atom. The molecule has 5 nitrogen and oxygen atoms in total. The van der Waals surface area contributed by atoms with E-state index in [1.165, 1.54) is 6.26 Å². The van der Waals surface area contributed by atoms with Gasteiger partial charge in [-0.3, -0.25) is 4.79 Å². The van der Waals surface area contributed by atoms with E-state index in [9.17, 15) is 4.79 Å². The Kier molecular flexibility index (Phi) is 3.33. The van der Waals surface area contributed by atoms with E-state index in [1.807, 2.05) is 17.8 Å². The Bertz CT molecular complexity index is 532. The molecule has 2 aromatic rings. The second-order valence-corrected chi connectivity index (χ2v) is 4.44. The minimum atomic E-state index is -0.103. The van der Waals surface area contributed by atoms with E-state index >= 15 is 0 Å². The van der Waals surface area contributed by atoms with Crippen LogP contribution in [0.25, 0.3) is 0 Å². The lowest BCUT2D eigenvalue weighted by atomic mass is 10.3. The molecule has 0 bridgehead atoms. The van der Waals surface area contributed by atoms with E-state index < -0.39 is 0 Å². The molecule has 0 saturated carbocycles. The summed E-state index contributed by atoms with van der Waals surface area (Å²) < 4.78 is 7.38. The second-order valence-electron chi connectivity index (χ2n) is 3.72. The van der Waals surface area contributed by atoms with Crippen LogP contribution in [0, 0.1) is 0 Å². The third-order valence-electron chi connectivity index (χ3n) is 2.49. The van der Waals surface area contributed by atoms with E-state index in [-0.39, 0.29) is 5.91 Å². The zero-order valence-electron chi connectivity index (χ0n) is 9.55. The maximum absolute atomic E-state index is 12.1. The highest BCUT2D eigenvalue weighted by molar-refractivity contribution is 9.10. The number of nitrogens with zero attached hydrogens (tertiary/aromatic N) is 3. The van der Waals surface area contributed by atoms with Crippen LogP contribution in [0.5, 0.6) is 0 Å². The number of carbonyl (C=O) groups excluding carboxylic acids is 1. The van der Waals surface area contributed by atoms with Crippen LogP contribution < -0.4 is 0 Å². The van der Waals surface area contributed by atoms with Gasteiger partial charge in [0.1, 0.15) is 5.82 Å². The summed E-state index contributed by atoms with van der Waals surface area (Å²) in [6.07, 6.45) is 5.04. The third-order valence-corrected chi connectivity index (χ3v) is 3.11. The van der Waals surface area contributed by atoms with Crippen LogP contribution in [-0.2, 0) is 13.6 Å². The summed E-state index contributed by atoms with van der Waals surface area (Å²) in [5.74, 6) is 0.731. The van der Waals surface area contributed by atoms with E-state index in [0.29, 0.717) is 16.8 Å². The van der Waals surface area contributed by atoms with Gasteiger partial charge in [0, 0.05) is 26.5 Å². The lowest BCUT2D eigenvalue weighted by molar-refractivity contribution is 0.0778. The van der Waals surface area contributed by atoms with E-state index in [4.69, 9.17) is 4.42 Å². The number of aromatic nitrogens is 2. The normalized spacial score (nSPS) is 10.5. The van der Waals surface area contributed by atoms with Crippen molar-refractivity contribution in [2.24, 2.45) is 7.05 Å². The third kappa shape index (κ3) is 2.41. The SMILES string of the molecule is CN(Cc1nccn1C)C(=O)c1ccoc1Br. The molecule has 0 unspecified atom stereocenters. The van der Waals surface area contributed by atoms with Crippen molar-refractivity contribution in [3.8, 4) is 0 Å². The topological polar surface area (TPSA) is 51.3 Å². The molecule has 1 amide bonds. The van der Waals surface area contributed by atoms with Crippen LogP contribution in [0.2, 0.25) is 0 Å². The predicted octanol–water partition coefficient (Wildman–Crippen LogP) is 2.05. The molecule has 0 spiro atoms. The van der Waals surface area contributed by atoms with Crippen molar-refractivity contribution in [1.29, 1.82) is 0 Å². The molecule has 17 heavy (non-hydrogen) atoms. The van der Waals surface area contributed by atoms with Crippen molar-refractivity contribution in [1.82, 2.24) is 14.5 Å². The van der Waals surface area contributed by atoms with Crippen molar-refractivity contribution in [2.75, 3.05) is 7.05 Å². The number of rotatable bonds is 3. The first-order valence-corrected chi connectivity index (χ1v) is 5.83. The Morgan fingerprint density at radius 3 is 2.94 bits per heavy atom. The summed E-state index contributed by atoms with van der Waals surface area (Å²) in [6, 6.07) is 1.64. The smallest absolute Gasteiger partial charge is 0.258 e. The van der Waals surface area contributed by atoms with Crippen molar-refractivity contribution < 1.29 is 9.21 Å². The van der Waals surface area contributed by atoms with Gasteiger partial charge in [0.15, 0.2) is 4.67 Å². The summed E-state index contributed by atoms with van der Waals surface area (Å²) in [7, 11) is 3.63. The molecular weight excluding hydrogens is 286 g/mol. The number of hydrogen-bond acceptors (Lipinski definition) is 3. The van der Waals surface area contributed by atoms with Gasteiger partial charge in [-0.2, -0.15) is 0 Å². The van der Waals surface area contributed by atoms with E-state index in [0.717, 1.165) is 5.82 Å². The van der Waals surface area contributed by atoms with Gasteiger partial charge in [-0.25, -0.2) is 4.98 Å². The quantitative estimate of drug-likeness (QED) is 0.871. The van der Waals surface area contributed by atoms with Crippen LogP contribution in [0.15, 0.2) is 33.8 Å². The minimum absolute atomic E-state index is 0.103. The standard InChI is InChI=1S/C11H12BrN3O2/c1-14-5-4-13-9(14)7-15(2)11(16)8-3-6-17-10(8)12/h3-6H,7H2,1-2H3. The number of halogens is 1. The molecule has 0 aliphatic heterocycles. The van der Waals surface area contributed by atoms with Gasteiger partial charge in [-0.1, -0.05) is 0 Å². The molecule has 6 heteroatoms. The van der Waals surface area contributed by atoms with Crippen molar-refractivity contribution in [3.63, 3.8) is 0 Å². The van der Waals surface area contributed by atoms with Gasteiger partial charge >= 0.3 is 0 Å². The van der Waals surface area contributed by atoms with Crippen molar-refractivity contribution in [3.05, 3.63) is 40.8 Å². The van der Waals surface area contributed by atoms with E-state index in [2.05, 4.69) is 20.9 Å². The Balaban J connectivity index is 2.11. The molecule has 2 aromatic heterocycles. The number of carbonyl (C=O) groups is 1. The molecule has 90 valence electrons. The first-order valence-electron chi connectivity index (χ1n) is 5.04. The number of amides is 1. The molecule has 0 aromatic carbocycles. The van der Waals surface area contributed by atoms with Crippen molar-refractivity contribution >= 4 is 21.8 Å². The molecule has 0 N–H and O–H groups in total. The van der Waals surface area contributed by atoms with Gasteiger partial charge in [-0.15, -0.1) is 0 Å². The summed E-state index contributed by atoms with van der Waals surface area (Å²) >= 11 is 3.19. The average Bonchev–Trinajstić information content (AvgIpc) is 2.88. The monoisotopic (exact) mass is 297 g/mol. The van der Waals surface area contributed by atoms with Gasteiger partial charge in [-0.05, 0) is 22.0 Å². The molecule has 0 saturated heterocycles. The zero-order chi connectivity index (χ0) is 12.4. The molecule has 0 aliphatic carbocycles.